The Morgan fingerprint density at radius 1 is 1.42 bits per heavy atom. The number of benzene rings is 1. The summed E-state index contributed by atoms with van der Waals surface area (Å²) in [4.78, 5) is 4.45. The van der Waals surface area contributed by atoms with Gasteiger partial charge in [-0.1, -0.05) is 17.4 Å². The molecule has 24 heavy (non-hydrogen) atoms. The van der Waals surface area contributed by atoms with E-state index < -0.39 is 6.10 Å². The van der Waals surface area contributed by atoms with E-state index in [0.29, 0.717) is 18.1 Å². The van der Waals surface area contributed by atoms with E-state index in [0.717, 1.165) is 39.5 Å². The van der Waals surface area contributed by atoms with Gasteiger partial charge in [-0.25, -0.2) is 4.68 Å². The molecule has 0 aliphatic heterocycles. The quantitative estimate of drug-likeness (QED) is 0.662. The number of nitrogens with one attached hydrogen (secondary N) is 1. The highest BCUT2D eigenvalue weighted by Crippen LogP contribution is 2.45. The lowest BCUT2D eigenvalue weighted by Crippen LogP contribution is -2.15. The Labute approximate surface area is 143 Å². The third kappa shape index (κ3) is 2.85. The fraction of sp³-hybridized carbons (Fsp3) is 0.412. The molecule has 126 valence electrons. The molecule has 1 atom stereocenters. The van der Waals surface area contributed by atoms with Gasteiger partial charge in [0.05, 0.1) is 17.0 Å². The van der Waals surface area contributed by atoms with E-state index in [1.807, 2.05) is 13.1 Å². The minimum Gasteiger partial charge on any atom is -0.506 e. The van der Waals surface area contributed by atoms with Gasteiger partial charge in [0, 0.05) is 6.54 Å². The van der Waals surface area contributed by atoms with E-state index in [4.69, 9.17) is 0 Å². The van der Waals surface area contributed by atoms with Crippen LogP contribution in [0, 0.1) is 6.92 Å². The smallest absolute Gasteiger partial charge is 0.194 e. The summed E-state index contributed by atoms with van der Waals surface area (Å²) in [7, 11) is 0. The van der Waals surface area contributed by atoms with Gasteiger partial charge in [-0.2, -0.15) is 4.98 Å². The second-order valence-corrected chi connectivity index (χ2v) is 7.54. The van der Waals surface area contributed by atoms with Crippen molar-refractivity contribution in [3.05, 3.63) is 29.5 Å². The van der Waals surface area contributed by atoms with Gasteiger partial charge in [0.1, 0.15) is 11.4 Å². The van der Waals surface area contributed by atoms with Gasteiger partial charge in [-0.3, -0.25) is 0 Å². The van der Waals surface area contributed by atoms with Crippen LogP contribution in [0.25, 0.3) is 16.0 Å². The second-order valence-electron chi connectivity index (χ2n) is 6.51. The molecule has 0 saturated heterocycles. The Morgan fingerprint density at radius 3 is 2.88 bits per heavy atom. The third-order valence-electron chi connectivity index (χ3n) is 4.14. The summed E-state index contributed by atoms with van der Waals surface area (Å²) < 4.78 is 2.69. The van der Waals surface area contributed by atoms with Gasteiger partial charge >= 0.3 is 0 Å². The molecular weight excluding hydrogens is 324 g/mol. The average molecular weight is 344 g/mol. The summed E-state index contributed by atoms with van der Waals surface area (Å²) in [5.74, 6) is 0.781. The highest BCUT2D eigenvalue weighted by atomic mass is 32.1. The number of aliphatic hydroxyl groups excluding tert-OH is 1. The summed E-state index contributed by atoms with van der Waals surface area (Å²) >= 11 is 1.50. The molecule has 3 aromatic rings. The molecule has 0 bridgehead atoms. The lowest BCUT2D eigenvalue weighted by molar-refractivity contribution is 0.208. The molecule has 0 radical (unpaired) electrons. The molecule has 1 fully saturated rings. The number of aliphatic hydroxyl groups is 1. The Bertz CT molecular complexity index is 864. The fourth-order valence-corrected chi connectivity index (χ4v) is 3.72. The summed E-state index contributed by atoms with van der Waals surface area (Å²) in [5.41, 5.74) is 3.64. The van der Waals surface area contributed by atoms with Crippen molar-refractivity contribution >= 4 is 26.8 Å². The number of aromatic nitrogens is 3. The lowest BCUT2D eigenvalue weighted by atomic mass is 10.0. The van der Waals surface area contributed by atoms with Crippen molar-refractivity contribution in [2.75, 3.05) is 11.9 Å². The number of hydrogen-bond donors (Lipinski definition) is 3. The van der Waals surface area contributed by atoms with Crippen LogP contribution in [0.1, 0.15) is 36.8 Å². The average Bonchev–Trinajstić information content (AvgIpc) is 3.17. The zero-order valence-corrected chi connectivity index (χ0v) is 14.5. The van der Waals surface area contributed by atoms with Crippen molar-refractivity contribution in [3.63, 3.8) is 0 Å². The summed E-state index contributed by atoms with van der Waals surface area (Å²) in [6.07, 6.45) is 3.82. The number of fused-ring (bicyclic) bond motifs is 1. The number of anilines is 1. The van der Waals surface area contributed by atoms with Crippen molar-refractivity contribution in [2.24, 2.45) is 0 Å². The van der Waals surface area contributed by atoms with Crippen LogP contribution < -0.4 is 5.32 Å². The summed E-state index contributed by atoms with van der Waals surface area (Å²) in [5, 5.41) is 28.2. The molecule has 7 heteroatoms. The summed E-state index contributed by atoms with van der Waals surface area (Å²) in [6.45, 7) is 4.19. The molecule has 1 saturated carbocycles. The van der Waals surface area contributed by atoms with Crippen LogP contribution in [0.4, 0.5) is 5.13 Å². The number of aryl methyl sites for hydroxylation is 1. The van der Waals surface area contributed by atoms with Crippen molar-refractivity contribution in [1.29, 1.82) is 0 Å². The van der Waals surface area contributed by atoms with Crippen molar-refractivity contribution in [2.45, 2.75) is 38.7 Å². The van der Waals surface area contributed by atoms with E-state index in [9.17, 15) is 10.2 Å². The molecule has 2 aromatic heterocycles. The van der Waals surface area contributed by atoms with E-state index >= 15 is 0 Å². The maximum Gasteiger partial charge on any atom is 0.194 e. The first-order chi connectivity index (χ1) is 11.5. The molecule has 6 nitrogen and oxygen atoms in total. The third-order valence-corrected chi connectivity index (χ3v) is 5.07. The van der Waals surface area contributed by atoms with E-state index in [1.165, 1.54) is 11.3 Å². The van der Waals surface area contributed by atoms with Crippen LogP contribution in [0.2, 0.25) is 0 Å². The van der Waals surface area contributed by atoms with Crippen molar-refractivity contribution < 1.29 is 10.2 Å². The molecule has 1 aliphatic carbocycles. The molecule has 0 spiro atoms. The summed E-state index contributed by atoms with van der Waals surface area (Å²) in [6, 6.07) is 3.92. The predicted octanol–water partition coefficient (Wildman–Crippen LogP) is 3.17. The van der Waals surface area contributed by atoms with Crippen molar-refractivity contribution in [1.82, 2.24) is 14.8 Å². The molecule has 1 aliphatic rings. The largest absolute Gasteiger partial charge is 0.506 e. The topological polar surface area (TPSA) is 83.2 Å². The maximum atomic E-state index is 10.4. The normalized spacial score (nSPS) is 15.8. The standard InChI is InChI=1S/C17H20N4O2S/c1-9-5-12(11-3-4-11)15(13(23)6-9)21-8-14-16(20-21)19-17(24-14)18-7-10(2)22/h5-6,8,10-11,22-23H,3-4,7H2,1-2H3,(H,18,19,20)/t10-/m1/s1. The highest BCUT2D eigenvalue weighted by molar-refractivity contribution is 7.22. The number of aromatic hydroxyl groups is 1. The molecule has 0 amide bonds. The van der Waals surface area contributed by atoms with Crippen LogP contribution >= 0.6 is 11.3 Å². The monoisotopic (exact) mass is 344 g/mol. The minimum absolute atomic E-state index is 0.263. The first-order valence-corrected chi connectivity index (χ1v) is 8.95. The molecule has 2 heterocycles. The number of hydrogen-bond acceptors (Lipinski definition) is 6. The molecule has 4 rings (SSSR count). The first kappa shape index (κ1) is 15.4. The number of rotatable bonds is 5. The Hall–Kier alpha value is -2.12. The molecule has 1 aromatic carbocycles. The maximum absolute atomic E-state index is 10.4. The van der Waals surface area contributed by atoms with Crippen LogP contribution in [-0.2, 0) is 0 Å². The van der Waals surface area contributed by atoms with Gasteiger partial charge < -0.3 is 15.5 Å². The lowest BCUT2D eigenvalue weighted by Gasteiger charge is -2.12. The van der Waals surface area contributed by atoms with Crippen LogP contribution in [0.5, 0.6) is 5.75 Å². The van der Waals surface area contributed by atoms with E-state index in [1.54, 1.807) is 17.7 Å². The minimum atomic E-state index is -0.424. The second kappa shape index (κ2) is 5.75. The van der Waals surface area contributed by atoms with E-state index in [-0.39, 0.29) is 5.75 Å². The number of phenols is 1. The van der Waals surface area contributed by atoms with Crippen LogP contribution in [0.3, 0.4) is 0 Å². The first-order valence-electron chi connectivity index (χ1n) is 8.13. The number of phenolic OH excluding ortho intramolecular Hbond substituents is 1. The van der Waals surface area contributed by atoms with Gasteiger partial charge in [0.2, 0.25) is 0 Å². The zero-order valence-electron chi connectivity index (χ0n) is 13.7. The Morgan fingerprint density at radius 2 is 2.21 bits per heavy atom. The predicted molar refractivity (Wildman–Crippen MR) is 95.3 cm³/mol. The molecular formula is C17H20N4O2S. The van der Waals surface area contributed by atoms with Crippen LogP contribution in [-0.4, -0.2) is 37.6 Å². The fourth-order valence-electron chi connectivity index (χ4n) is 2.89. The zero-order chi connectivity index (χ0) is 16.8. The Kier molecular flexibility index (Phi) is 3.69. The van der Waals surface area contributed by atoms with Gasteiger partial charge in [0.25, 0.3) is 0 Å². The van der Waals surface area contributed by atoms with Gasteiger partial charge in [-0.05, 0) is 49.8 Å². The number of nitrogens with zero attached hydrogens (tertiary/aromatic N) is 3. The molecule has 0 unspecified atom stereocenters. The SMILES string of the molecule is Cc1cc(O)c(-n2cc3sc(NC[C@@H](C)O)nc3n2)c(C2CC2)c1. The van der Waals surface area contributed by atoms with E-state index in [2.05, 4.69) is 21.5 Å². The Balaban J connectivity index is 1.71. The van der Waals surface area contributed by atoms with Gasteiger partial charge in [-0.15, -0.1) is 5.10 Å². The van der Waals surface area contributed by atoms with Gasteiger partial charge in [0.15, 0.2) is 10.8 Å². The van der Waals surface area contributed by atoms with Crippen LogP contribution in [0.15, 0.2) is 18.3 Å². The molecule has 3 N–H and O–H groups in total. The van der Waals surface area contributed by atoms with Crippen molar-refractivity contribution in [3.8, 4) is 11.4 Å². The number of thiazole rings is 1. The highest BCUT2D eigenvalue weighted by Gasteiger charge is 2.29.